The number of pyridine rings is 2. The molecule has 2 aromatic rings. The van der Waals surface area contributed by atoms with Gasteiger partial charge in [-0.25, -0.2) is 9.97 Å². The normalized spacial score (nSPS) is 17.4. The lowest BCUT2D eigenvalue weighted by Crippen LogP contribution is -2.45. The number of hydrogen-bond acceptors (Lipinski definition) is 4. The van der Waals surface area contributed by atoms with Gasteiger partial charge in [-0.2, -0.15) is 0 Å². The van der Waals surface area contributed by atoms with Crippen LogP contribution in [0.3, 0.4) is 0 Å². The van der Waals surface area contributed by atoms with Crippen molar-refractivity contribution >= 4 is 35.0 Å². The number of nitrogens with zero attached hydrogens (tertiary/aromatic N) is 4. The minimum absolute atomic E-state index is 0.302. The molecule has 26 heavy (non-hydrogen) atoms. The van der Waals surface area contributed by atoms with Gasteiger partial charge in [0.05, 0.1) is 5.02 Å². The molecule has 0 aliphatic carbocycles. The van der Waals surface area contributed by atoms with E-state index in [0.717, 1.165) is 49.8 Å². The van der Waals surface area contributed by atoms with Crippen LogP contribution in [0.1, 0.15) is 12.0 Å². The van der Waals surface area contributed by atoms with Gasteiger partial charge in [0.25, 0.3) is 0 Å². The molecule has 138 valence electrons. The van der Waals surface area contributed by atoms with Crippen molar-refractivity contribution in [1.29, 1.82) is 0 Å². The molecule has 6 nitrogen and oxygen atoms in total. The van der Waals surface area contributed by atoms with Crippen molar-refractivity contribution in [1.82, 2.24) is 20.6 Å². The van der Waals surface area contributed by atoms with E-state index in [4.69, 9.17) is 23.2 Å². The molecule has 0 radical (unpaired) electrons. The average molecular weight is 393 g/mol. The molecular weight excluding hydrogens is 371 g/mol. The molecule has 1 fully saturated rings. The summed E-state index contributed by atoms with van der Waals surface area (Å²) in [6.07, 6.45) is 5.43. The largest absolute Gasteiger partial charge is 0.356 e. The monoisotopic (exact) mass is 392 g/mol. The Morgan fingerprint density at radius 3 is 2.92 bits per heavy atom. The molecule has 1 unspecified atom stereocenters. The Hall–Kier alpha value is -2.05. The molecule has 1 atom stereocenters. The molecule has 1 aliphatic heterocycles. The zero-order valence-electron chi connectivity index (χ0n) is 14.6. The highest BCUT2D eigenvalue weighted by Gasteiger charge is 2.25. The predicted octanol–water partition coefficient (Wildman–Crippen LogP) is 2.77. The minimum Gasteiger partial charge on any atom is -0.356 e. The SMILES string of the molecule is CN=C(NCCc1ccc(Cl)nc1)NC1CCN(c2ncccc2Cl)C1. The van der Waals surface area contributed by atoms with Crippen LogP contribution in [0.2, 0.25) is 10.2 Å². The van der Waals surface area contributed by atoms with Gasteiger partial charge in [-0.05, 0) is 36.6 Å². The molecule has 0 saturated carbocycles. The third kappa shape index (κ3) is 4.99. The first-order chi connectivity index (χ1) is 12.7. The smallest absolute Gasteiger partial charge is 0.191 e. The van der Waals surface area contributed by atoms with Crippen molar-refractivity contribution in [2.45, 2.75) is 18.9 Å². The van der Waals surface area contributed by atoms with Gasteiger partial charge in [-0.1, -0.05) is 29.3 Å². The van der Waals surface area contributed by atoms with Crippen molar-refractivity contribution in [3.8, 4) is 0 Å². The summed E-state index contributed by atoms with van der Waals surface area (Å²) in [5.41, 5.74) is 1.13. The Morgan fingerprint density at radius 2 is 2.19 bits per heavy atom. The van der Waals surface area contributed by atoms with Gasteiger partial charge in [-0.3, -0.25) is 4.99 Å². The van der Waals surface area contributed by atoms with Crippen LogP contribution in [0, 0.1) is 0 Å². The topological polar surface area (TPSA) is 65.4 Å². The molecule has 1 aliphatic rings. The number of guanidine groups is 1. The first-order valence-electron chi connectivity index (χ1n) is 8.59. The summed E-state index contributed by atoms with van der Waals surface area (Å²) in [6.45, 7) is 2.53. The minimum atomic E-state index is 0.302. The predicted molar refractivity (Wildman–Crippen MR) is 107 cm³/mol. The number of halogens is 2. The van der Waals surface area contributed by atoms with Crippen LogP contribution in [0.25, 0.3) is 0 Å². The zero-order valence-corrected chi connectivity index (χ0v) is 16.1. The van der Waals surface area contributed by atoms with Crippen molar-refractivity contribution in [2.24, 2.45) is 4.99 Å². The van der Waals surface area contributed by atoms with Gasteiger partial charge in [0, 0.05) is 45.1 Å². The summed E-state index contributed by atoms with van der Waals surface area (Å²) in [4.78, 5) is 15.0. The number of anilines is 1. The molecule has 3 rings (SSSR count). The van der Waals surface area contributed by atoms with Crippen LogP contribution in [-0.2, 0) is 6.42 Å². The number of rotatable bonds is 5. The molecule has 1 saturated heterocycles. The van der Waals surface area contributed by atoms with E-state index in [-0.39, 0.29) is 0 Å². The number of hydrogen-bond donors (Lipinski definition) is 2. The van der Waals surface area contributed by atoms with Gasteiger partial charge in [-0.15, -0.1) is 0 Å². The highest BCUT2D eigenvalue weighted by atomic mass is 35.5. The quantitative estimate of drug-likeness (QED) is 0.465. The summed E-state index contributed by atoms with van der Waals surface area (Å²) >= 11 is 12.1. The van der Waals surface area contributed by atoms with E-state index in [1.165, 1.54) is 0 Å². The van der Waals surface area contributed by atoms with Crippen LogP contribution in [0.15, 0.2) is 41.7 Å². The summed E-state index contributed by atoms with van der Waals surface area (Å²) in [7, 11) is 1.78. The summed E-state index contributed by atoms with van der Waals surface area (Å²) < 4.78 is 0. The number of aromatic nitrogens is 2. The maximum absolute atomic E-state index is 6.25. The highest BCUT2D eigenvalue weighted by molar-refractivity contribution is 6.32. The van der Waals surface area contributed by atoms with Crippen molar-refractivity contribution in [3.05, 3.63) is 52.4 Å². The lowest BCUT2D eigenvalue weighted by molar-refractivity contribution is 0.648. The standard InChI is InChI=1S/C18H22Cl2N6/c1-21-18(23-9-6-13-4-5-16(20)24-11-13)25-14-7-10-26(12-14)17-15(19)3-2-8-22-17/h2-5,8,11,14H,6-7,9-10,12H2,1H3,(H2,21,23,25). The Labute approximate surface area is 163 Å². The van der Waals surface area contributed by atoms with Gasteiger partial charge < -0.3 is 15.5 Å². The van der Waals surface area contributed by atoms with Crippen molar-refractivity contribution in [2.75, 3.05) is 31.6 Å². The molecule has 0 bridgehead atoms. The maximum atomic E-state index is 6.25. The van der Waals surface area contributed by atoms with E-state index in [9.17, 15) is 0 Å². The Morgan fingerprint density at radius 1 is 1.31 bits per heavy atom. The van der Waals surface area contributed by atoms with E-state index >= 15 is 0 Å². The summed E-state index contributed by atoms with van der Waals surface area (Å²) in [6, 6.07) is 7.81. The van der Waals surface area contributed by atoms with E-state index in [0.29, 0.717) is 16.2 Å². The molecule has 0 aromatic carbocycles. The van der Waals surface area contributed by atoms with E-state index in [1.807, 2.05) is 18.2 Å². The van der Waals surface area contributed by atoms with Crippen molar-refractivity contribution < 1.29 is 0 Å². The first-order valence-corrected chi connectivity index (χ1v) is 9.34. The molecule has 0 amide bonds. The number of nitrogens with one attached hydrogen (secondary N) is 2. The molecule has 2 aromatic heterocycles. The second kappa shape index (κ2) is 9.05. The fraction of sp³-hybridized carbons (Fsp3) is 0.389. The molecule has 8 heteroatoms. The Balaban J connectivity index is 1.47. The second-order valence-corrected chi connectivity index (χ2v) is 6.92. The Bertz CT molecular complexity index is 750. The van der Waals surface area contributed by atoms with Gasteiger partial charge in [0.15, 0.2) is 5.96 Å². The zero-order chi connectivity index (χ0) is 18.4. The van der Waals surface area contributed by atoms with Crippen LogP contribution < -0.4 is 15.5 Å². The highest BCUT2D eigenvalue weighted by Crippen LogP contribution is 2.25. The van der Waals surface area contributed by atoms with Crippen molar-refractivity contribution in [3.63, 3.8) is 0 Å². The molecular formula is C18H22Cl2N6. The van der Waals surface area contributed by atoms with Crippen LogP contribution >= 0.6 is 23.2 Å². The lowest BCUT2D eigenvalue weighted by Gasteiger charge is -2.20. The summed E-state index contributed by atoms with van der Waals surface area (Å²) in [5.74, 6) is 1.64. The average Bonchev–Trinajstić information content (AvgIpc) is 3.11. The van der Waals surface area contributed by atoms with E-state index < -0.39 is 0 Å². The molecule has 2 N–H and O–H groups in total. The third-order valence-electron chi connectivity index (χ3n) is 4.29. The van der Waals surface area contributed by atoms with Crippen LogP contribution in [-0.4, -0.2) is 48.7 Å². The fourth-order valence-corrected chi connectivity index (χ4v) is 3.30. The van der Waals surface area contributed by atoms with Crippen LogP contribution in [0.4, 0.5) is 5.82 Å². The lowest BCUT2D eigenvalue weighted by atomic mass is 10.2. The van der Waals surface area contributed by atoms with Gasteiger partial charge in [0.2, 0.25) is 0 Å². The second-order valence-electron chi connectivity index (χ2n) is 6.12. The fourth-order valence-electron chi connectivity index (χ4n) is 2.95. The first kappa shape index (κ1) is 18.7. The number of aliphatic imine (C=N–C) groups is 1. The molecule has 3 heterocycles. The maximum Gasteiger partial charge on any atom is 0.191 e. The van der Waals surface area contributed by atoms with Gasteiger partial charge in [0.1, 0.15) is 11.0 Å². The van der Waals surface area contributed by atoms with Crippen LogP contribution in [0.5, 0.6) is 0 Å². The third-order valence-corrected chi connectivity index (χ3v) is 4.80. The van der Waals surface area contributed by atoms with E-state index in [1.54, 1.807) is 25.5 Å². The van der Waals surface area contributed by atoms with E-state index in [2.05, 4.69) is 30.5 Å². The summed E-state index contributed by atoms with van der Waals surface area (Å²) in [5, 5.41) is 8.01. The van der Waals surface area contributed by atoms with Gasteiger partial charge >= 0.3 is 0 Å². The Kier molecular flexibility index (Phi) is 6.52. The molecule has 0 spiro atoms.